The first-order valence-electron chi connectivity index (χ1n) is 7.42. The van der Waals surface area contributed by atoms with Crippen molar-refractivity contribution in [3.8, 4) is 0 Å². The van der Waals surface area contributed by atoms with Crippen molar-refractivity contribution in [1.82, 2.24) is 10.2 Å². The van der Waals surface area contributed by atoms with Gasteiger partial charge in [0, 0.05) is 28.2 Å². The van der Waals surface area contributed by atoms with Crippen LogP contribution in [0.25, 0.3) is 0 Å². The second-order valence-electron chi connectivity index (χ2n) is 5.96. The van der Waals surface area contributed by atoms with E-state index in [0.29, 0.717) is 12.1 Å². The third-order valence-corrected chi connectivity index (χ3v) is 4.66. The number of hydrogen-bond donors (Lipinski definition) is 1. The maximum Gasteiger partial charge on any atom is 0.128 e. The summed E-state index contributed by atoms with van der Waals surface area (Å²) in [5.74, 6) is -0.132. The molecule has 1 aliphatic heterocycles. The number of likely N-dealkylation sites (tertiary alicyclic amines) is 1. The molecular weight excluding hydrogens is 319 g/mol. The Hall–Kier alpha value is -0.450. The van der Waals surface area contributed by atoms with Crippen molar-refractivity contribution >= 4 is 15.9 Å². The maximum absolute atomic E-state index is 13.9. The van der Waals surface area contributed by atoms with Crippen molar-refractivity contribution in [2.45, 2.75) is 51.7 Å². The van der Waals surface area contributed by atoms with Crippen LogP contribution in [0.2, 0.25) is 0 Å². The Morgan fingerprint density at radius 1 is 1.25 bits per heavy atom. The van der Waals surface area contributed by atoms with Crippen molar-refractivity contribution in [2.75, 3.05) is 13.1 Å². The molecular formula is C16H24BrFN2. The molecule has 1 atom stereocenters. The van der Waals surface area contributed by atoms with Crippen molar-refractivity contribution in [1.29, 1.82) is 0 Å². The molecule has 0 bridgehead atoms. The first-order valence-corrected chi connectivity index (χ1v) is 8.21. The Labute approximate surface area is 129 Å². The molecule has 1 aromatic rings. The molecule has 112 valence electrons. The zero-order valence-electron chi connectivity index (χ0n) is 12.5. The van der Waals surface area contributed by atoms with Crippen LogP contribution in [0.3, 0.4) is 0 Å². The third-order valence-electron chi connectivity index (χ3n) is 4.17. The Morgan fingerprint density at radius 3 is 2.50 bits per heavy atom. The summed E-state index contributed by atoms with van der Waals surface area (Å²) in [6.45, 7) is 8.78. The minimum Gasteiger partial charge on any atom is -0.307 e. The molecule has 1 aliphatic rings. The largest absolute Gasteiger partial charge is 0.307 e. The Morgan fingerprint density at radius 2 is 1.90 bits per heavy atom. The second-order valence-corrected chi connectivity index (χ2v) is 6.87. The molecule has 0 spiro atoms. The van der Waals surface area contributed by atoms with E-state index in [1.807, 2.05) is 13.0 Å². The highest BCUT2D eigenvalue weighted by Crippen LogP contribution is 2.23. The average molecular weight is 343 g/mol. The van der Waals surface area contributed by atoms with Gasteiger partial charge in [0.25, 0.3) is 0 Å². The van der Waals surface area contributed by atoms with Gasteiger partial charge >= 0.3 is 0 Å². The van der Waals surface area contributed by atoms with Gasteiger partial charge in [0.1, 0.15) is 5.82 Å². The van der Waals surface area contributed by atoms with E-state index in [-0.39, 0.29) is 11.9 Å². The molecule has 1 saturated heterocycles. The summed E-state index contributed by atoms with van der Waals surface area (Å²) in [6, 6.07) is 6.29. The Balaban J connectivity index is 1.92. The van der Waals surface area contributed by atoms with Gasteiger partial charge in [0.05, 0.1) is 0 Å². The van der Waals surface area contributed by atoms with Crippen LogP contribution >= 0.6 is 15.9 Å². The van der Waals surface area contributed by atoms with Crippen LogP contribution in [0.1, 0.15) is 45.2 Å². The second kappa shape index (κ2) is 7.01. The molecule has 1 heterocycles. The van der Waals surface area contributed by atoms with E-state index in [1.165, 1.54) is 6.07 Å². The molecule has 0 saturated carbocycles. The fraction of sp³-hybridized carbons (Fsp3) is 0.625. The van der Waals surface area contributed by atoms with Crippen molar-refractivity contribution in [3.63, 3.8) is 0 Å². The molecule has 1 N–H and O–H groups in total. The molecule has 0 aromatic heterocycles. The van der Waals surface area contributed by atoms with Gasteiger partial charge in [-0.25, -0.2) is 4.39 Å². The number of rotatable bonds is 4. The summed E-state index contributed by atoms with van der Waals surface area (Å²) < 4.78 is 14.8. The molecule has 0 amide bonds. The molecule has 4 heteroatoms. The number of benzene rings is 1. The highest BCUT2D eigenvalue weighted by Gasteiger charge is 2.23. The zero-order chi connectivity index (χ0) is 14.7. The van der Waals surface area contributed by atoms with Crippen LogP contribution in [0.5, 0.6) is 0 Å². The van der Waals surface area contributed by atoms with Gasteiger partial charge in [-0.1, -0.05) is 15.9 Å². The quantitative estimate of drug-likeness (QED) is 0.885. The Bertz CT molecular complexity index is 442. The predicted molar refractivity (Wildman–Crippen MR) is 85.4 cm³/mol. The molecule has 1 fully saturated rings. The molecule has 2 nitrogen and oxygen atoms in total. The maximum atomic E-state index is 13.9. The van der Waals surface area contributed by atoms with E-state index >= 15 is 0 Å². The van der Waals surface area contributed by atoms with Gasteiger partial charge in [-0.2, -0.15) is 0 Å². The number of piperidine rings is 1. The Kier molecular flexibility index (Phi) is 5.58. The molecule has 0 aliphatic carbocycles. The molecule has 1 unspecified atom stereocenters. The lowest BCUT2D eigenvalue weighted by molar-refractivity contribution is 0.157. The van der Waals surface area contributed by atoms with Crippen molar-refractivity contribution in [2.24, 2.45) is 0 Å². The van der Waals surface area contributed by atoms with E-state index in [0.717, 1.165) is 36.0 Å². The van der Waals surface area contributed by atoms with Crippen molar-refractivity contribution < 1.29 is 4.39 Å². The topological polar surface area (TPSA) is 15.3 Å². The van der Waals surface area contributed by atoms with Crippen molar-refractivity contribution in [3.05, 3.63) is 34.1 Å². The van der Waals surface area contributed by atoms with E-state index in [9.17, 15) is 4.39 Å². The van der Waals surface area contributed by atoms with Gasteiger partial charge in [-0.3, -0.25) is 0 Å². The van der Waals surface area contributed by atoms with Gasteiger partial charge in [0.2, 0.25) is 0 Å². The smallest absolute Gasteiger partial charge is 0.128 e. The number of nitrogens with zero attached hydrogens (tertiary/aromatic N) is 1. The van der Waals surface area contributed by atoms with Gasteiger partial charge in [-0.05, 0) is 64.9 Å². The monoisotopic (exact) mass is 342 g/mol. The SMILES string of the molecule is CC(NC1CCN(C(C)C)CC1)c1cc(Br)ccc1F. The lowest BCUT2D eigenvalue weighted by Crippen LogP contribution is -2.45. The van der Waals surface area contributed by atoms with Gasteiger partial charge in [-0.15, -0.1) is 0 Å². The highest BCUT2D eigenvalue weighted by molar-refractivity contribution is 9.10. The fourth-order valence-electron chi connectivity index (χ4n) is 2.87. The van der Waals surface area contributed by atoms with Crippen LogP contribution in [-0.2, 0) is 0 Å². The van der Waals surface area contributed by atoms with Gasteiger partial charge < -0.3 is 10.2 Å². The number of hydrogen-bond acceptors (Lipinski definition) is 2. The van der Waals surface area contributed by atoms with Crippen LogP contribution in [0.4, 0.5) is 4.39 Å². The van der Waals surface area contributed by atoms with E-state index < -0.39 is 0 Å². The average Bonchev–Trinajstić information content (AvgIpc) is 2.42. The van der Waals surface area contributed by atoms with E-state index in [1.54, 1.807) is 6.07 Å². The normalized spacial score (nSPS) is 19.5. The third kappa shape index (κ3) is 4.03. The lowest BCUT2D eigenvalue weighted by Gasteiger charge is -2.36. The van der Waals surface area contributed by atoms with Gasteiger partial charge in [0.15, 0.2) is 0 Å². The summed E-state index contributed by atoms with van der Waals surface area (Å²) in [7, 11) is 0. The summed E-state index contributed by atoms with van der Waals surface area (Å²) in [5, 5.41) is 3.58. The first kappa shape index (κ1) is 15.9. The standard InChI is InChI=1S/C16H24BrFN2/c1-11(2)20-8-6-14(7-9-20)19-12(3)15-10-13(17)4-5-16(15)18/h4-5,10-12,14,19H,6-9H2,1-3H3. The molecule has 20 heavy (non-hydrogen) atoms. The number of nitrogens with one attached hydrogen (secondary N) is 1. The fourth-order valence-corrected chi connectivity index (χ4v) is 3.25. The van der Waals surface area contributed by atoms with Crippen LogP contribution in [0.15, 0.2) is 22.7 Å². The van der Waals surface area contributed by atoms with Crippen LogP contribution < -0.4 is 5.32 Å². The summed E-state index contributed by atoms with van der Waals surface area (Å²) in [6.07, 6.45) is 2.27. The lowest BCUT2D eigenvalue weighted by atomic mass is 10.0. The number of halogens is 2. The van der Waals surface area contributed by atoms with Crippen LogP contribution in [0, 0.1) is 5.82 Å². The molecule has 2 rings (SSSR count). The van der Waals surface area contributed by atoms with E-state index in [4.69, 9.17) is 0 Å². The zero-order valence-corrected chi connectivity index (χ0v) is 14.1. The van der Waals surface area contributed by atoms with E-state index in [2.05, 4.69) is 40.0 Å². The predicted octanol–water partition coefficient (Wildman–Crippen LogP) is 4.11. The summed E-state index contributed by atoms with van der Waals surface area (Å²) in [4.78, 5) is 2.50. The molecule has 1 aromatic carbocycles. The minimum absolute atomic E-state index is 0.0445. The first-order chi connectivity index (χ1) is 9.47. The molecule has 0 radical (unpaired) electrons. The minimum atomic E-state index is -0.132. The van der Waals surface area contributed by atoms with Crippen LogP contribution in [-0.4, -0.2) is 30.1 Å². The summed E-state index contributed by atoms with van der Waals surface area (Å²) in [5.41, 5.74) is 0.741. The summed E-state index contributed by atoms with van der Waals surface area (Å²) >= 11 is 3.41. The highest BCUT2D eigenvalue weighted by atomic mass is 79.9.